The van der Waals surface area contributed by atoms with Crippen LogP contribution in [0.1, 0.15) is 35.1 Å². The third-order valence-electron chi connectivity index (χ3n) is 5.90. The first-order valence-corrected chi connectivity index (χ1v) is 10.6. The number of methoxy groups -OCH3 is 1. The molecule has 1 fully saturated rings. The minimum absolute atomic E-state index is 0.134. The normalized spacial score (nSPS) is 13.6. The molecule has 1 amide bonds. The maximum absolute atomic E-state index is 13.1. The number of carbonyl (C=O) groups is 1. The van der Waals surface area contributed by atoms with Crippen LogP contribution in [0.4, 0.5) is 0 Å². The monoisotopic (exact) mass is 415 g/mol. The Balaban J connectivity index is 1.54. The summed E-state index contributed by atoms with van der Waals surface area (Å²) in [5.74, 6) is 1.14. The molecule has 2 aromatic heterocycles. The van der Waals surface area contributed by atoms with Gasteiger partial charge in [-0.15, -0.1) is 5.10 Å². The Morgan fingerprint density at radius 1 is 1.13 bits per heavy atom. The number of tetrazole rings is 1. The molecule has 158 valence electrons. The Morgan fingerprint density at radius 2 is 1.90 bits per heavy atom. The van der Waals surface area contributed by atoms with Gasteiger partial charge < -0.3 is 9.64 Å². The van der Waals surface area contributed by atoms with Crippen LogP contribution in [0.3, 0.4) is 0 Å². The van der Waals surface area contributed by atoms with Gasteiger partial charge in [0.15, 0.2) is 5.65 Å². The number of benzene rings is 2. The summed E-state index contributed by atoms with van der Waals surface area (Å²) in [5.41, 5.74) is 6.03. The zero-order valence-electron chi connectivity index (χ0n) is 18.0. The molecule has 0 radical (unpaired) electrons. The van der Waals surface area contributed by atoms with E-state index in [1.807, 2.05) is 29.2 Å². The van der Waals surface area contributed by atoms with E-state index in [0.29, 0.717) is 18.7 Å². The molecule has 4 aromatic rings. The molecule has 1 aliphatic rings. The molecule has 2 heterocycles. The molecule has 0 saturated heterocycles. The zero-order valence-corrected chi connectivity index (χ0v) is 18.0. The molecule has 7 heteroatoms. The van der Waals surface area contributed by atoms with Crippen molar-refractivity contribution < 1.29 is 9.53 Å². The minimum Gasteiger partial charge on any atom is -0.497 e. The third kappa shape index (κ3) is 3.71. The quantitative estimate of drug-likeness (QED) is 0.478. The maximum atomic E-state index is 13.1. The average Bonchev–Trinajstić information content (AvgIpc) is 3.49. The second-order valence-electron chi connectivity index (χ2n) is 8.42. The van der Waals surface area contributed by atoms with E-state index in [9.17, 15) is 4.79 Å². The van der Waals surface area contributed by atoms with Gasteiger partial charge in [-0.1, -0.05) is 23.8 Å². The number of aryl methyl sites for hydroxylation is 2. The third-order valence-corrected chi connectivity index (χ3v) is 5.90. The highest BCUT2D eigenvalue weighted by Gasteiger charge is 2.34. The lowest BCUT2D eigenvalue weighted by molar-refractivity contribution is -0.133. The maximum Gasteiger partial charge on any atom is 0.226 e. The Labute approximate surface area is 180 Å². The summed E-state index contributed by atoms with van der Waals surface area (Å²) in [6.07, 6.45) is 1.94. The largest absolute Gasteiger partial charge is 0.497 e. The van der Waals surface area contributed by atoms with Gasteiger partial charge in [0.2, 0.25) is 5.91 Å². The van der Waals surface area contributed by atoms with Crippen molar-refractivity contribution in [3.63, 3.8) is 0 Å². The number of pyridine rings is 1. The number of rotatable bonds is 6. The lowest BCUT2D eigenvalue weighted by Gasteiger charge is -2.23. The van der Waals surface area contributed by atoms with Gasteiger partial charge in [0.05, 0.1) is 12.6 Å². The topological polar surface area (TPSA) is 72.6 Å². The zero-order chi connectivity index (χ0) is 21.5. The number of fused-ring (bicyclic) bond motifs is 3. The van der Waals surface area contributed by atoms with Crippen LogP contribution >= 0.6 is 0 Å². The van der Waals surface area contributed by atoms with E-state index < -0.39 is 0 Å². The lowest BCUT2D eigenvalue weighted by atomic mass is 10.0. The number of amides is 1. The van der Waals surface area contributed by atoms with Crippen LogP contribution in [0.15, 0.2) is 42.5 Å². The number of nitrogens with zero attached hydrogens (tertiary/aromatic N) is 5. The number of carbonyl (C=O) groups excluding carboxylic acids is 1. The van der Waals surface area contributed by atoms with E-state index >= 15 is 0 Å². The number of ether oxygens (including phenoxy) is 1. The lowest BCUT2D eigenvalue weighted by Crippen LogP contribution is -2.31. The van der Waals surface area contributed by atoms with Crippen LogP contribution in [0, 0.1) is 19.8 Å². The van der Waals surface area contributed by atoms with E-state index in [1.165, 1.54) is 5.56 Å². The van der Waals surface area contributed by atoms with Gasteiger partial charge in [-0.2, -0.15) is 4.52 Å². The fourth-order valence-corrected chi connectivity index (χ4v) is 4.26. The molecule has 0 unspecified atom stereocenters. The molecule has 31 heavy (non-hydrogen) atoms. The summed E-state index contributed by atoms with van der Waals surface area (Å²) in [6, 6.07) is 14.3. The fourth-order valence-electron chi connectivity index (χ4n) is 4.26. The van der Waals surface area contributed by atoms with E-state index in [4.69, 9.17) is 4.74 Å². The molecule has 0 atom stereocenters. The Morgan fingerprint density at radius 3 is 2.61 bits per heavy atom. The van der Waals surface area contributed by atoms with Gasteiger partial charge in [0.25, 0.3) is 0 Å². The van der Waals surface area contributed by atoms with Crippen LogP contribution in [-0.2, 0) is 17.9 Å². The van der Waals surface area contributed by atoms with Crippen molar-refractivity contribution in [1.29, 1.82) is 0 Å². The standard InChI is InChI=1S/C24H25N5O2/c1-15-10-16(2)22-19(11-15)12-20(23-25-26-27-29(22)23)14-28(24(30)18-6-7-18)13-17-4-8-21(31-3)9-5-17/h4-5,8-12,18H,6-7,13-14H2,1-3H3. The van der Waals surface area contributed by atoms with Crippen molar-refractivity contribution in [2.24, 2.45) is 5.92 Å². The molecule has 1 saturated carbocycles. The Hall–Kier alpha value is -3.48. The van der Waals surface area contributed by atoms with Crippen LogP contribution in [0.5, 0.6) is 5.75 Å². The summed E-state index contributed by atoms with van der Waals surface area (Å²) in [4.78, 5) is 15.1. The molecular weight excluding hydrogens is 390 g/mol. The van der Waals surface area contributed by atoms with Gasteiger partial charge in [-0.25, -0.2) is 0 Å². The summed E-state index contributed by atoms with van der Waals surface area (Å²) in [7, 11) is 1.65. The van der Waals surface area contributed by atoms with Crippen molar-refractivity contribution in [3.8, 4) is 5.75 Å². The molecule has 0 bridgehead atoms. The number of hydrogen-bond donors (Lipinski definition) is 0. The average molecular weight is 415 g/mol. The smallest absolute Gasteiger partial charge is 0.226 e. The number of aromatic nitrogens is 4. The summed E-state index contributed by atoms with van der Waals surface area (Å²) in [5, 5.41) is 13.5. The van der Waals surface area contributed by atoms with Crippen molar-refractivity contribution in [3.05, 3.63) is 64.7 Å². The Bertz CT molecular complexity index is 1270. The second kappa shape index (κ2) is 7.65. The SMILES string of the molecule is COc1ccc(CN(Cc2cc3cc(C)cc(C)c3n3nnnc23)C(=O)C2CC2)cc1. The van der Waals surface area contributed by atoms with Crippen LogP contribution in [-0.4, -0.2) is 38.0 Å². The molecular formula is C24H25N5O2. The highest BCUT2D eigenvalue weighted by molar-refractivity contribution is 5.87. The predicted octanol–water partition coefficient (Wildman–Crippen LogP) is 3.84. The first-order valence-electron chi connectivity index (χ1n) is 10.6. The highest BCUT2D eigenvalue weighted by Crippen LogP contribution is 2.33. The molecule has 0 N–H and O–H groups in total. The predicted molar refractivity (Wildman–Crippen MR) is 118 cm³/mol. The molecule has 7 nitrogen and oxygen atoms in total. The van der Waals surface area contributed by atoms with Gasteiger partial charge in [0, 0.05) is 30.0 Å². The van der Waals surface area contributed by atoms with Gasteiger partial charge in [0.1, 0.15) is 5.75 Å². The van der Waals surface area contributed by atoms with E-state index in [2.05, 4.69) is 47.6 Å². The molecule has 5 rings (SSSR count). The van der Waals surface area contributed by atoms with Crippen LogP contribution in [0.2, 0.25) is 0 Å². The summed E-state index contributed by atoms with van der Waals surface area (Å²) in [6.45, 7) is 5.16. The van der Waals surface area contributed by atoms with E-state index in [0.717, 1.165) is 46.2 Å². The second-order valence-corrected chi connectivity index (χ2v) is 8.42. The summed E-state index contributed by atoms with van der Waals surface area (Å²) < 4.78 is 7.06. The van der Waals surface area contributed by atoms with E-state index in [1.54, 1.807) is 11.6 Å². The van der Waals surface area contributed by atoms with E-state index in [-0.39, 0.29) is 11.8 Å². The molecule has 1 aliphatic carbocycles. The summed E-state index contributed by atoms with van der Waals surface area (Å²) >= 11 is 0. The highest BCUT2D eigenvalue weighted by atomic mass is 16.5. The Kier molecular flexibility index (Phi) is 4.81. The molecule has 0 aliphatic heterocycles. The van der Waals surface area contributed by atoms with Crippen LogP contribution in [0.25, 0.3) is 16.6 Å². The minimum atomic E-state index is 0.134. The first kappa shape index (κ1) is 19.5. The van der Waals surface area contributed by atoms with Gasteiger partial charge >= 0.3 is 0 Å². The fraction of sp³-hybridized carbons (Fsp3) is 0.333. The molecule has 0 spiro atoms. The van der Waals surface area contributed by atoms with Crippen LogP contribution < -0.4 is 4.74 Å². The van der Waals surface area contributed by atoms with Crippen molar-refractivity contribution >= 4 is 22.5 Å². The molecule has 2 aromatic carbocycles. The number of hydrogen-bond acceptors (Lipinski definition) is 5. The van der Waals surface area contributed by atoms with Gasteiger partial charge in [-0.05, 0) is 72.5 Å². The first-order chi connectivity index (χ1) is 15.0. The van der Waals surface area contributed by atoms with Gasteiger partial charge in [-0.3, -0.25) is 4.79 Å². The van der Waals surface area contributed by atoms with Crippen molar-refractivity contribution in [2.45, 2.75) is 39.8 Å². The van der Waals surface area contributed by atoms with Crippen molar-refractivity contribution in [2.75, 3.05) is 7.11 Å². The van der Waals surface area contributed by atoms with Crippen molar-refractivity contribution in [1.82, 2.24) is 24.9 Å².